The maximum absolute atomic E-state index is 2.68. The van der Waals surface area contributed by atoms with E-state index in [0.29, 0.717) is 0 Å². The molecule has 1 fully saturated rings. The summed E-state index contributed by atoms with van der Waals surface area (Å²) in [5.41, 5.74) is 10.8. The third-order valence-electron chi connectivity index (χ3n) is 10.3. The number of fused-ring (bicyclic) bond motifs is 3. The monoisotopic (exact) mass is 556 g/mol. The molecule has 0 aromatic heterocycles. The van der Waals surface area contributed by atoms with E-state index in [4.69, 9.17) is 0 Å². The first-order valence-corrected chi connectivity index (χ1v) is 15.8. The van der Waals surface area contributed by atoms with Gasteiger partial charge in [-0.15, -0.1) is 0 Å². The Bertz CT molecular complexity index is 1510. The smallest absolute Gasteiger partial charge is 0.0517 e. The molecule has 0 spiro atoms. The molecule has 0 bridgehead atoms. The van der Waals surface area contributed by atoms with Crippen LogP contribution in [-0.4, -0.2) is 5.54 Å². The largest absolute Gasteiger partial charge is 0.334 e. The molecule has 2 heteroatoms. The lowest BCUT2D eigenvalue weighted by Gasteiger charge is -2.50. The highest BCUT2D eigenvalue weighted by Crippen LogP contribution is 2.60. The molecule has 6 rings (SSSR count). The minimum atomic E-state index is 0.0428. The molecule has 0 saturated heterocycles. The van der Waals surface area contributed by atoms with Crippen molar-refractivity contribution in [3.05, 3.63) is 114 Å². The first kappa shape index (κ1) is 28.6. The molecule has 0 N–H and O–H groups in total. The molecular weight excluding hydrogens is 508 g/mol. The molecule has 1 aliphatic heterocycles. The zero-order chi connectivity index (χ0) is 29.9. The summed E-state index contributed by atoms with van der Waals surface area (Å²) < 4.78 is 0. The summed E-state index contributed by atoms with van der Waals surface area (Å²) in [7, 11) is 0. The summed E-state index contributed by atoms with van der Waals surface area (Å²) in [5.74, 6) is 0. The highest BCUT2D eigenvalue weighted by atomic mass is 15.3. The van der Waals surface area contributed by atoms with Crippen LogP contribution in [0.15, 0.2) is 97.1 Å². The van der Waals surface area contributed by atoms with Gasteiger partial charge in [0.25, 0.3) is 0 Å². The normalized spacial score (nSPS) is 22.0. The lowest BCUT2D eigenvalue weighted by molar-refractivity contribution is 0.195. The van der Waals surface area contributed by atoms with E-state index in [1.807, 2.05) is 0 Å². The van der Waals surface area contributed by atoms with Gasteiger partial charge in [-0.2, -0.15) is 0 Å². The first-order valence-electron chi connectivity index (χ1n) is 15.8. The van der Waals surface area contributed by atoms with Crippen molar-refractivity contribution in [2.45, 2.75) is 103 Å². The van der Waals surface area contributed by atoms with Crippen LogP contribution >= 0.6 is 0 Å². The van der Waals surface area contributed by atoms with Gasteiger partial charge < -0.3 is 9.80 Å². The van der Waals surface area contributed by atoms with E-state index in [9.17, 15) is 0 Å². The number of hydrogen-bond acceptors (Lipinski definition) is 2. The molecule has 1 aliphatic carbocycles. The van der Waals surface area contributed by atoms with Gasteiger partial charge in [-0.05, 0) is 95.8 Å². The van der Waals surface area contributed by atoms with E-state index in [0.717, 1.165) is 0 Å². The summed E-state index contributed by atoms with van der Waals surface area (Å²) >= 11 is 0. The molecular formula is C40H48N2. The fraction of sp³-hybridized carbons (Fsp3) is 0.400. The van der Waals surface area contributed by atoms with Gasteiger partial charge in [-0.25, -0.2) is 0 Å². The van der Waals surface area contributed by atoms with Crippen molar-refractivity contribution in [2.75, 3.05) is 9.80 Å². The van der Waals surface area contributed by atoms with E-state index < -0.39 is 0 Å². The van der Waals surface area contributed by atoms with Crippen LogP contribution in [-0.2, 0) is 16.2 Å². The van der Waals surface area contributed by atoms with Crippen LogP contribution in [0.25, 0.3) is 0 Å². The molecule has 2 nitrogen and oxygen atoms in total. The predicted octanol–water partition coefficient (Wildman–Crippen LogP) is 11.5. The fourth-order valence-corrected chi connectivity index (χ4v) is 7.54. The van der Waals surface area contributed by atoms with Crippen LogP contribution in [0.3, 0.4) is 0 Å². The van der Waals surface area contributed by atoms with Gasteiger partial charge in [0.2, 0.25) is 0 Å². The van der Waals surface area contributed by atoms with Gasteiger partial charge in [0.1, 0.15) is 0 Å². The van der Waals surface area contributed by atoms with Crippen molar-refractivity contribution >= 4 is 28.4 Å². The average molecular weight is 557 g/mol. The van der Waals surface area contributed by atoms with Crippen molar-refractivity contribution in [3.63, 3.8) is 0 Å². The zero-order valence-corrected chi connectivity index (χ0v) is 27.0. The van der Waals surface area contributed by atoms with Crippen molar-refractivity contribution in [1.82, 2.24) is 0 Å². The van der Waals surface area contributed by atoms with Gasteiger partial charge in [0.05, 0.1) is 5.54 Å². The first-order chi connectivity index (χ1) is 19.8. The molecule has 2 aliphatic rings. The van der Waals surface area contributed by atoms with E-state index >= 15 is 0 Å². The van der Waals surface area contributed by atoms with Gasteiger partial charge in [0.15, 0.2) is 0 Å². The van der Waals surface area contributed by atoms with Crippen LogP contribution < -0.4 is 9.80 Å². The second-order valence-corrected chi connectivity index (χ2v) is 15.1. The minimum Gasteiger partial charge on any atom is -0.334 e. The third-order valence-corrected chi connectivity index (χ3v) is 10.3. The van der Waals surface area contributed by atoms with Gasteiger partial charge in [-0.1, -0.05) is 110 Å². The molecule has 2 unspecified atom stereocenters. The van der Waals surface area contributed by atoms with Gasteiger partial charge in [0, 0.05) is 33.9 Å². The van der Waals surface area contributed by atoms with Crippen molar-refractivity contribution < 1.29 is 0 Å². The van der Waals surface area contributed by atoms with E-state index in [1.54, 1.807) is 0 Å². The Hall–Kier alpha value is -3.52. The summed E-state index contributed by atoms with van der Waals surface area (Å²) in [4.78, 5) is 5.10. The van der Waals surface area contributed by atoms with Crippen molar-refractivity contribution in [1.29, 1.82) is 0 Å². The Morgan fingerprint density at radius 3 is 1.71 bits per heavy atom. The number of hydrogen-bond donors (Lipinski definition) is 0. The Kier molecular flexibility index (Phi) is 6.84. The summed E-state index contributed by atoms with van der Waals surface area (Å²) in [6.45, 7) is 18.7. The predicted molar refractivity (Wildman–Crippen MR) is 181 cm³/mol. The highest BCUT2D eigenvalue weighted by Gasteiger charge is 2.57. The molecule has 1 saturated carbocycles. The van der Waals surface area contributed by atoms with Crippen LogP contribution in [0.1, 0.15) is 97.8 Å². The maximum Gasteiger partial charge on any atom is 0.0517 e. The van der Waals surface area contributed by atoms with Crippen LogP contribution in [0.5, 0.6) is 0 Å². The highest BCUT2D eigenvalue weighted by molar-refractivity contribution is 5.82. The van der Waals surface area contributed by atoms with E-state index in [1.165, 1.54) is 70.8 Å². The lowest BCUT2D eigenvalue weighted by atomic mass is 9.61. The fourth-order valence-electron chi connectivity index (χ4n) is 7.54. The van der Waals surface area contributed by atoms with Crippen LogP contribution in [0.4, 0.5) is 28.4 Å². The van der Waals surface area contributed by atoms with Crippen LogP contribution in [0.2, 0.25) is 0 Å². The number of para-hydroxylation sites is 1. The molecule has 0 radical (unpaired) electrons. The second-order valence-electron chi connectivity index (χ2n) is 15.1. The molecule has 42 heavy (non-hydrogen) atoms. The van der Waals surface area contributed by atoms with Crippen molar-refractivity contribution in [2.24, 2.45) is 0 Å². The molecule has 218 valence electrons. The molecule has 4 aromatic rings. The number of rotatable bonds is 4. The van der Waals surface area contributed by atoms with Crippen LogP contribution in [0, 0.1) is 0 Å². The van der Waals surface area contributed by atoms with E-state index in [2.05, 4.69) is 162 Å². The average Bonchev–Trinajstić information content (AvgIpc) is 3.16. The molecule has 1 heterocycles. The summed E-state index contributed by atoms with van der Waals surface area (Å²) in [6.07, 6.45) is 5.03. The number of benzene rings is 4. The lowest BCUT2D eigenvalue weighted by Crippen LogP contribution is -2.54. The SMILES string of the molecule is CC(C)(C)c1ccc(N(c2ccc(C(C)(C)C)cc2)c2cccc(N3c4ccccc4C4(C)CCCCC34C)c2)cc1. The summed E-state index contributed by atoms with van der Waals surface area (Å²) in [6, 6.07) is 36.7. The molecule has 4 aromatic carbocycles. The Morgan fingerprint density at radius 2 is 1.14 bits per heavy atom. The Labute approximate surface area is 254 Å². The summed E-state index contributed by atoms with van der Waals surface area (Å²) in [5, 5.41) is 0. The van der Waals surface area contributed by atoms with Crippen molar-refractivity contribution in [3.8, 4) is 0 Å². The molecule has 2 atom stereocenters. The standard InChI is InChI=1S/C40H48N2/c1-37(2,3)29-18-22-31(23-19-29)41(32-24-20-30(21-25-32)38(4,5)6)33-14-13-15-34(28-33)42-36-17-10-9-16-35(36)39(7)26-11-12-27-40(39,42)8/h9-10,13-25,28H,11-12,26-27H2,1-8H3. The maximum atomic E-state index is 2.68. The quantitative estimate of drug-likeness (QED) is 0.247. The van der Waals surface area contributed by atoms with Gasteiger partial charge in [-0.3, -0.25) is 0 Å². The topological polar surface area (TPSA) is 6.48 Å². The zero-order valence-electron chi connectivity index (χ0n) is 27.0. The number of anilines is 5. The Morgan fingerprint density at radius 1 is 0.595 bits per heavy atom. The van der Waals surface area contributed by atoms with Gasteiger partial charge >= 0.3 is 0 Å². The van der Waals surface area contributed by atoms with E-state index in [-0.39, 0.29) is 21.8 Å². The third kappa shape index (κ3) is 4.64. The molecule has 0 amide bonds. The Balaban J connectivity index is 1.49. The minimum absolute atomic E-state index is 0.0428. The second kappa shape index (κ2) is 10.0. The number of nitrogens with zero attached hydrogens (tertiary/aromatic N) is 2.